The Bertz CT molecular complexity index is 1060. The number of hydrogen-bond acceptors (Lipinski definition) is 4. The molecule has 1 aliphatic heterocycles. The predicted octanol–water partition coefficient (Wildman–Crippen LogP) is 2.76. The van der Waals surface area contributed by atoms with Crippen molar-refractivity contribution in [3.63, 3.8) is 0 Å². The topological polar surface area (TPSA) is 49.9 Å². The van der Waals surface area contributed by atoms with Gasteiger partial charge in [0.05, 0.1) is 37.8 Å². The maximum absolute atomic E-state index is 4.70. The molecule has 3 heterocycles. The van der Waals surface area contributed by atoms with Crippen molar-refractivity contribution in [3.05, 3.63) is 80.2 Å². The second-order valence-corrected chi connectivity index (χ2v) is 9.69. The minimum absolute atomic E-state index is 0.256. The first-order valence-corrected chi connectivity index (χ1v) is 13.3. The molecule has 2 aromatic heterocycles. The highest BCUT2D eigenvalue weighted by atomic mass is 15.5. The number of hydrazone groups is 1. The zero-order chi connectivity index (χ0) is 25.0. The van der Waals surface area contributed by atoms with Crippen LogP contribution in [-0.2, 0) is 19.6 Å². The first kappa shape index (κ1) is 25.7. The van der Waals surface area contributed by atoms with Crippen molar-refractivity contribution in [3.8, 4) is 0 Å². The lowest BCUT2D eigenvalue weighted by Gasteiger charge is -2.23. The van der Waals surface area contributed by atoms with Crippen molar-refractivity contribution in [2.45, 2.75) is 64.3 Å². The normalized spacial score (nSPS) is 17.4. The number of imidazole rings is 2. The van der Waals surface area contributed by atoms with Crippen molar-refractivity contribution in [1.82, 2.24) is 19.0 Å². The highest BCUT2D eigenvalue weighted by molar-refractivity contribution is 5.64. The van der Waals surface area contributed by atoms with E-state index in [4.69, 9.17) is 5.10 Å². The molecule has 36 heavy (non-hydrogen) atoms. The summed E-state index contributed by atoms with van der Waals surface area (Å²) in [5.74, 6) is 0. The number of aromatic nitrogens is 4. The van der Waals surface area contributed by atoms with E-state index in [9.17, 15) is 0 Å². The summed E-state index contributed by atoms with van der Waals surface area (Å²) in [6.07, 6.45) is 26.6. The summed E-state index contributed by atoms with van der Waals surface area (Å²) < 4.78 is 6.79. The largest absolute Gasteiger partial charge is 0.337 e. The Morgan fingerprint density at radius 2 is 1.83 bits per heavy atom. The smallest absolute Gasteiger partial charge is 0.243 e. The lowest BCUT2D eigenvalue weighted by atomic mass is 10.2. The van der Waals surface area contributed by atoms with E-state index in [-0.39, 0.29) is 6.17 Å². The van der Waals surface area contributed by atoms with Gasteiger partial charge in [0.15, 0.2) is 0 Å². The van der Waals surface area contributed by atoms with Gasteiger partial charge in [-0.15, -0.1) is 0 Å². The van der Waals surface area contributed by atoms with E-state index in [0.717, 1.165) is 31.9 Å². The van der Waals surface area contributed by atoms with E-state index < -0.39 is 0 Å². The van der Waals surface area contributed by atoms with Crippen LogP contribution >= 0.6 is 0 Å². The molecule has 0 saturated heterocycles. The van der Waals surface area contributed by atoms with E-state index in [1.807, 2.05) is 49.0 Å². The molecule has 0 bridgehead atoms. The number of nitrogens with one attached hydrogen (secondary N) is 1. The SMILES string of the molecule is CN(/N=C/C1N(C)C=C[NH+]1CCCCCC[n+]1ccn(CCCCn2ccnc2)c1)c1ccccc1. The number of para-hydroxylation sites is 1. The van der Waals surface area contributed by atoms with Gasteiger partial charge < -0.3 is 9.47 Å². The maximum Gasteiger partial charge on any atom is 0.243 e. The van der Waals surface area contributed by atoms with Crippen LogP contribution in [0.15, 0.2) is 85.3 Å². The van der Waals surface area contributed by atoms with E-state index >= 15 is 0 Å². The molecule has 8 heteroatoms. The minimum atomic E-state index is 0.256. The summed E-state index contributed by atoms with van der Waals surface area (Å²) in [5.41, 5.74) is 1.10. The van der Waals surface area contributed by atoms with Crippen LogP contribution in [0.3, 0.4) is 0 Å². The second kappa shape index (κ2) is 13.6. The Morgan fingerprint density at radius 3 is 2.64 bits per heavy atom. The van der Waals surface area contributed by atoms with Crippen molar-refractivity contribution >= 4 is 11.9 Å². The third-order valence-corrected chi connectivity index (χ3v) is 6.87. The van der Waals surface area contributed by atoms with Gasteiger partial charge >= 0.3 is 0 Å². The molecule has 1 N–H and O–H groups in total. The first-order chi connectivity index (χ1) is 17.7. The van der Waals surface area contributed by atoms with E-state index in [0.29, 0.717) is 0 Å². The number of aryl methyl sites for hydroxylation is 3. The maximum atomic E-state index is 4.70. The van der Waals surface area contributed by atoms with Crippen LogP contribution in [-0.4, -0.2) is 52.0 Å². The molecule has 0 spiro atoms. The molecule has 0 amide bonds. The zero-order valence-electron chi connectivity index (χ0n) is 21.9. The molecule has 1 aromatic carbocycles. The molecule has 0 saturated carbocycles. The third kappa shape index (κ3) is 7.81. The van der Waals surface area contributed by atoms with Gasteiger partial charge in [0.25, 0.3) is 0 Å². The van der Waals surface area contributed by atoms with Crippen LogP contribution in [0.25, 0.3) is 0 Å². The molecular weight excluding hydrogens is 448 g/mol. The first-order valence-electron chi connectivity index (χ1n) is 13.3. The molecule has 4 rings (SSSR count). The Balaban J connectivity index is 1.09. The fourth-order valence-corrected chi connectivity index (χ4v) is 4.66. The third-order valence-electron chi connectivity index (χ3n) is 6.87. The average molecular weight is 491 g/mol. The summed E-state index contributed by atoms with van der Waals surface area (Å²) in [6.45, 7) is 4.36. The summed E-state index contributed by atoms with van der Waals surface area (Å²) in [7, 11) is 4.13. The number of rotatable bonds is 15. The number of nitrogens with zero attached hydrogens (tertiary/aromatic N) is 7. The van der Waals surface area contributed by atoms with Crippen LogP contribution in [0.4, 0.5) is 5.69 Å². The highest BCUT2D eigenvalue weighted by Gasteiger charge is 2.26. The van der Waals surface area contributed by atoms with Gasteiger partial charge in [-0.25, -0.2) is 14.1 Å². The Labute approximate surface area is 215 Å². The highest BCUT2D eigenvalue weighted by Crippen LogP contribution is 2.11. The van der Waals surface area contributed by atoms with E-state index in [2.05, 4.69) is 80.1 Å². The Kier molecular flexibility index (Phi) is 9.73. The van der Waals surface area contributed by atoms with Gasteiger partial charge in [-0.1, -0.05) is 18.2 Å². The van der Waals surface area contributed by atoms with Gasteiger partial charge in [-0.3, -0.25) is 9.91 Å². The van der Waals surface area contributed by atoms with Crippen LogP contribution in [0, 0.1) is 0 Å². The predicted molar refractivity (Wildman–Crippen MR) is 144 cm³/mol. The summed E-state index contributed by atoms with van der Waals surface area (Å²) >= 11 is 0. The van der Waals surface area contributed by atoms with Crippen LogP contribution in [0.2, 0.25) is 0 Å². The molecule has 2 unspecified atom stereocenters. The zero-order valence-corrected chi connectivity index (χ0v) is 21.9. The fourth-order valence-electron chi connectivity index (χ4n) is 4.66. The number of hydrogen-bond donors (Lipinski definition) is 1. The quantitative estimate of drug-likeness (QED) is 0.154. The van der Waals surface area contributed by atoms with Crippen molar-refractivity contribution < 1.29 is 9.47 Å². The van der Waals surface area contributed by atoms with Gasteiger partial charge in [0.1, 0.15) is 24.8 Å². The standard InChI is InChI=1S/C28H41N8/c1-31-20-23-36(28(31)24-30-32(2)27-12-6-5-7-13-27)18-9-4-3-8-16-34-21-22-35(26-34)17-11-10-15-33-19-14-29-25-33/h5-7,12-14,19-26,28H,3-4,8-11,15-18H2,1-2H3/q+1/p+1/b30-24+. The van der Waals surface area contributed by atoms with Gasteiger partial charge in [-0.05, 0) is 50.7 Å². The summed E-state index contributed by atoms with van der Waals surface area (Å²) in [6, 6.07) is 10.3. The monoisotopic (exact) mass is 490 g/mol. The van der Waals surface area contributed by atoms with Crippen molar-refractivity contribution in [2.75, 3.05) is 25.6 Å². The van der Waals surface area contributed by atoms with Gasteiger partial charge in [-0.2, -0.15) is 5.10 Å². The molecule has 8 nitrogen and oxygen atoms in total. The lowest BCUT2D eigenvalue weighted by molar-refractivity contribution is -0.864. The summed E-state index contributed by atoms with van der Waals surface area (Å²) in [5, 5.41) is 6.64. The Morgan fingerprint density at radius 1 is 1.03 bits per heavy atom. The molecule has 3 aromatic rings. The summed E-state index contributed by atoms with van der Waals surface area (Å²) in [4.78, 5) is 7.81. The number of benzene rings is 1. The second-order valence-electron chi connectivity index (χ2n) is 9.69. The average Bonchev–Trinajstić information content (AvgIpc) is 3.65. The molecule has 0 aliphatic carbocycles. The van der Waals surface area contributed by atoms with E-state index in [1.165, 1.54) is 43.4 Å². The molecular formula is C28H42N8+2. The van der Waals surface area contributed by atoms with Crippen molar-refractivity contribution in [1.29, 1.82) is 0 Å². The van der Waals surface area contributed by atoms with Crippen molar-refractivity contribution in [2.24, 2.45) is 5.10 Å². The van der Waals surface area contributed by atoms with Crippen LogP contribution < -0.4 is 14.5 Å². The molecule has 0 fully saturated rings. The van der Waals surface area contributed by atoms with Crippen LogP contribution in [0.1, 0.15) is 38.5 Å². The molecule has 1 aliphatic rings. The molecule has 2 atom stereocenters. The van der Waals surface area contributed by atoms with Gasteiger partial charge in [0.2, 0.25) is 12.5 Å². The lowest BCUT2D eigenvalue weighted by Crippen LogP contribution is -3.11. The van der Waals surface area contributed by atoms with E-state index in [1.54, 1.807) is 0 Å². The van der Waals surface area contributed by atoms with Crippen LogP contribution in [0.5, 0.6) is 0 Å². The minimum Gasteiger partial charge on any atom is -0.337 e. The fraction of sp³-hybridized carbons (Fsp3) is 0.464. The number of quaternary nitrogens is 1. The number of unbranched alkanes of at least 4 members (excludes halogenated alkanes) is 4. The molecule has 0 radical (unpaired) electrons. The van der Waals surface area contributed by atoms with Gasteiger partial charge in [0, 0.05) is 33.0 Å². The number of anilines is 1. The Hall–Kier alpha value is -3.39. The molecule has 192 valence electrons.